The maximum atomic E-state index is 13.6. The van der Waals surface area contributed by atoms with Crippen molar-refractivity contribution in [3.8, 4) is 0 Å². The van der Waals surface area contributed by atoms with E-state index in [2.05, 4.69) is 15.3 Å². The van der Waals surface area contributed by atoms with Gasteiger partial charge in [0.1, 0.15) is 5.82 Å². The number of aliphatic hydroxyl groups is 1. The van der Waals surface area contributed by atoms with Crippen LogP contribution in [0, 0.1) is 13.8 Å². The van der Waals surface area contributed by atoms with Crippen molar-refractivity contribution in [2.24, 2.45) is 7.05 Å². The van der Waals surface area contributed by atoms with Crippen LogP contribution in [0.3, 0.4) is 0 Å². The second-order valence-electron chi connectivity index (χ2n) is 7.06. The van der Waals surface area contributed by atoms with Crippen molar-refractivity contribution in [1.29, 1.82) is 0 Å². The molecule has 0 radical (unpaired) electrons. The second kappa shape index (κ2) is 7.47. The van der Waals surface area contributed by atoms with Gasteiger partial charge in [0.05, 0.1) is 11.1 Å². The molecule has 3 rings (SSSR count). The molecule has 9 heteroatoms. The Morgan fingerprint density at radius 2 is 1.97 bits per heavy atom. The number of hydrogen-bond acceptors (Lipinski definition) is 4. The predicted molar refractivity (Wildman–Crippen MR) is 101 cm³/mol. The smallest absolute Gasteiger partial charge is 0.374 e. The number of nitrogens with zero attached hydrogens (tertiary/aromatic N) is 3. The molecule has 2 heterocycles. The first-order valence-electron chi connectivity index (χ1n) is 8.96. The van der Waals surface area contributed by atoms with Crippen molar-refractivity contribution in [2.45, 2.75) is 32.0 Å². The van der Waals surface area contributed by atoms with Gasteiger partial charge in [-0.25, -0.2) is 4.98 Å². The molecule has 0 aliphatic heterocycles. The molecule has 29 heavy (non-hydrogen) atoms. The van der Waals surface area contributed by atoms with Gasteiger partial charge in [0.25, 0.3) is 5.91 Å². The number of amides is 1. The Kier molecular flexibility index (Phi) is 5.36. The Balaban J connectivity index is 1.83. The molecule has 0 bridgehead atoms. The molecule has 0 saturated heterocycles. The fourth-order valence-corrected chi connectivity index (χ4v) is 3.26. The Morgan fingerprint density at radius 3 is 2.59 bits per heavy atom. The number of aryl methyl sites for hydroxylation is 3. The molecule has 1 atom stereocenters. The van der Waals surface area contributed by atoms with E-state index in [-0.39, 0.29) is 0 Å². The summed E-state index contributed by atoms with van der Waals surface area (Å²) in [4.78, 5) is 20.7. The molecule has 1 unspecified atom stereocenters. The lowest BCUT2D eigenvalue weighted by Crippen LogP contribution is -2.46. The average molecular weight is 406 g/mol. The Hall–Kier alpha value is -2.94. The lowest BCUT2D eigenvalue weighted by Gasteiger charge is -2.30. The van der Waals surface area contributed by atoms with Gasteiger partial charge in [0.15, 0.2) is 0 Å². The fraction of sp³-hybridized carbons (Fsp3) is 0.350. The van der Waals surface area contributed by atoms with E-state index in [0.29, 0.717) is 22.2 Å². The van der Waals surface area contributed by atoms with Crippen molar-refractivity contribution in [1.82, 2.24) is 19.9 Å². The highest BCUT2D eigenvalue weighted by atomic mass is 19.4. The Morgan fingerprint density at radius 1 is 1.24 bits per heavy atom. The van der Waals surface area contributed by atoms with Crippen molar-refractivity contribution >= 4 is 16.8 Å². The SMILES string of the molecule is Cc1ccc2nc(C)cc(C(=O)NCCC(O)(c3nccn3C)C(F)(F)F)c2c1. The first-order valence-corrected chi connectivity index (χ1v) is 8.96. The van der Waals surface area contributed by atoms with Crippen LogP contribution >= 0.6 is 0 Å². The van der Waals surface area contributed by atoms with E-state index in [0.717, 1.165) is 10.1 Å². The zero-order valence-corrected chi connectivity index (χ0v) is 16.2. The van der Waals surface area contributed by atoms with Gasteiger partial charge in [-0.05, 0) is 32.0 Å². The van der Waals surface area contributed by atoms with Crippen LogP contribution in [-0.4, -0.2) is 38.3 Å². The molecule has 2 aromatic heterocycles. The number of carbonyl (C=O) groups is 1. The molecule has 2 N–H and O–H groups in total. The van der Waals surface area contributed by atoms with Gasteiger partial charge in [-0.1, -0.05) is 11.6 Å². The molecule has 0 spiro atoms. The van der Waals surface area contributed by atoms with Crippen LogP contribution in [0.15, 0.2) is 36.7 Å². The summed E-state index contributed by atoms with van der Waals surface area (Å²) < 4.78 is 41.8. The van der Waals surface area contributed by atoms with E-state index >= 15 is 0 Å². The van der Waals surface area contributed by atoms with Crippen molar-refractivity contribution in [3.63, 3.8) is 0 Å². The number of alkyl halides is 3. The lowest BCUT2D eigenvalue weighted by molar-refractivity contribution is -0.272. The molecule has 6 nitrogen and oxygen atoms in total. The topological polar surface area (TPSA) is 80.0 Å². The minimum absolute atomic E-state index is 0.323. The van der Waals surface area contributed by atoms with E-state index in [1.807, 2.05) is 13.0 Å². The standard InChI is InChI=1S/C20H21F3N4O2/c1-12-4-5-16-14(10-12)15(11-13(2)26-16)17(28)24-7-6-19(29,20(21,22)23)18-25-8-9-27(18)3/h4-5,8-11,29H,6-7H2,1-3H3,(H,24,28). The fourth-order valence-electron chi connectivity index (χ4n) is 3.26. The quantitative estimate of drug-likeness (QED) is 0.682. The zero-order chi connectivity index (χ0) is 21.4. The third-order valence-electron chi connectivity index (χ3n) is 4.77. The Labute approximate surface area is 165 Å². The largest absolute Gasteiger partial charge is 0.424 e. The maximum absolute atomic E-state index is 13.6. The van der Waals surface area contributed by atoms with Crippen LogP contribution in [0.25, 0.3) is 10.9 Å². The summed E-state index contributed by atoms with van der Waals surface area (Å²) in [6.45, 7) is 3.22. The normalized spacial score (nSPS) is 14.0. The Bertz CT molecular complexity index is 1060. The monoisotopic (exact) mass is 406 g/mol. The maximum Gasteiger partial charge on any atom is 0.424 e. The number of pyridine rings is 1. The third-order valence-corrected chi connectivity index (χ3v) is 4.77. The number of halogens is 3. The summed E-state index contributed by atoms with van der Waals surface area (Å²) in [5.74, 6) is -1.06. The minimum Gasteiger partial charge on any atom is -0.374 e. The van der Waals surface area contributed by atoms with Crippen LogP contribution in [0.4, 0.5) is 13.2 Å². The van der Waals surface area contributed by atoms with Gasteiger partial charge >= 0.3 is 6.18 Å². The van der Waals surface area contributed by atoms with Gasteiger partial charge in [0.2, 0.25) is 5.60 Å². The molecule has 1 aromatic carbocycles. The molecule has 0 fully saturated rings. The summed E-state index contributed by atoms with van der Waals surface area (Å²) in [6.07, 6.45) is -3.22. The summed E-state index contributed by atoms with van der Waals surface area (Å²) >= 11 is 0. The van der Waals surface area contributed by atoms with Crippen molar-refractivity contribution in [2.75, 3.05) is 6.54 Å². The summed E-state index contributed by atoms with van der Waals surface area (Å²) in [5, 5.41) is 13.5. The summed E-state index contributed by atoms with van der Waals surface area (Å²) in [6, 6.07) is 7.05. The van der Waals surface area contributed by atoms with E-state index in [4.69, 9.17) is 0 Å². The molecule has 154 valence electrons. The second-order valence-corrected chi connectivity index (χ2v) is 7.06. The number of carbonyl (C=O) groups excluding carboxylic acids is 1. The van der Waals surface area contributed by atoms with Crippen LogP contribution in [0.5, 0.6) is 0 Å². The first kappa shape index (κ1) is 20.8. The van der Waals surface area contributed by atoms with Gasteiger partial charge in [-0.2, -0.15) is 13.2 Å². The summed E-state index contributed by atoms with van der Waals surface area (Å²) in [7, 11) is 1.37. The highest BCUT2D eigenvalue weighted by molar-refractivity contribution is 6.06. The first-order chi connectivity index (χ1) is 13.5. The number of fused-ring (bicyclic) bond motifs is 1. The molecule has 0 aliphatic carbocycles. The average Bonchev–Trinajstić information content (AvgIpc) is 3.06. The molecule has 0 aliphatic rings. The predicted octanol–water partition coefficient (Wildman–Crippen LogP) is 3.16. The molecular weight excluding hydrogens is 385 g/mol. The number of aromatic nitrogens is 3. The van der Waals surface area contributed by atoms with Crippen LogP contribution in [0.1, 0.15) is 33.9 Å². The number of imidazole rings is 1. The number of rotatable bonds is 5. The third kappa shape index (κ3) is 3.95. The minimum atomic E-state index is -4.95. The highest BCUT2D eigenvalue weighted by Crippen LogP contribution is 2.40. The van der Waals surface area contributed by atoms with Gasteiger partial charge in [0, 0.05) is 43.5 Å². The highest BCUT2D eigenvalue weighted by Gasteiger charge is 2.57. The molecule has 3 aromatic rings. The van der Waals surface area contributed by atoms with E-state index in [9.17, 15) is 23.1 Å². The lowest BCUT2D eigenvalue weighted by atomic mass is 9.97. The number of benzene rings is 1. The molecule has 0 saturated carbocycles. The van der Waals surface area contributed by atoms with E-state index < -0.39 is 36.5 Å². The van der Waals surface area contributed by atoms with Crippen LogP contribution in [0.2, 0.25) is 0 Å². The van der Waals surface area contributed by atoms with Crippen LogP contribution in [-0.2, 0) is 12.6 Å². The van der Waals surface area contributed by atoms with Gasteiger partial charge in [-0.15, -0.1) is 0 Å². The summed E-state index contributed by atoms with van der Waals surface area (Å²) in [5.41, 5.74) is -0.681. The zero-order valence-electron chi connectivity index (χ0n) is 16.2. The van der Waals surface area contributed by atoms with Crippen molar-refractivity contribution < 1.29 is 23.1 Å². The van der Waals surface area contributed by atoms with Gasteiger partial charge in [-0.3, -0.25) is 9.78 Å². The van der Waals surface area contributed by atoms with Gasteiger partial charge < -0.3 is 15.0 Å². The van der Waals surface area contributed by atoms with Crippen LogP contribution < -0.4 is 5.32 Å². The van der Waals surface area contributed by atoms with E-state index in [1.165, 1.54) is 19.4 Å². The number of nitrogens with one attached hydrogen (secondary N) is 1. The van der Waals surface area contributed by atoms with Crippen molar-refractivity contribution in [3.05, 3.63) is 59.3 Å². The van der Waals surface area contributed by atoms with E-state index in [1.54, 1.807) is 25.1 Å². The molecular formula is C20H21F3N4O2. The number of hydrogen-bond donors (Lipinski definition) is 2. The molecule has 1 amide bonds.